The molecule has 0 bridgehead atoms. The van der Waals surface area contributed by atoms with Crippen molar-refractivity contribution >= 4 is 11.0 Å². The fraction of sp³-hybridized carbons (Fsp3) is 0.273. The van der Waals surface area contributed by atoms with E-state index in [1.807, 2.05) is 6.92 Å². The van der Waals surface area contributed by atoms with Gasteiger partial charge in [0.2, 0.25) is 0 Å². The topological polar surface area (TPSA) is 22.4 Å². The Morgan fingerprint density at radius 3 is 3.07 bits per heavy atom. The van der Waals surface area contributed by atoms with Gasteiger partial charge in [0, 0.05) is 23.6 Å². The van der Waals surface area contributed by atoms with Crippen LogP contribution in [0.25, 0.3) is 11.0 Å². The zero-order valence-electron chi connectivity index (χ0n) is 7.92. The first-order valence-corrected chi connectivity index (χ1v) is 4.54. The molecular weight excluding hydrogens is 183 g/mol. The van der Waals surface area contributed by atoms with Gasteiger partial charge in [0.1, 0.15) is 11.4 Å². The van der Waals surface area contributed by atoms with E-state index < -0.39 is 0 Å². The van der Waals surface area contributed by atoms with Gasteiger partial charge in [-0.1, -0.05) is 0 Å². The minimum absolute atomic E-state index is 0.283. The van der Waals surface area contributed by atoms with Crippen LogP contribution in [0, 0.1) is 5.82 Å². The molecule has 1 aromatic carbocycles. The third-order valence-electron chi connectivity index (χ3n) is 2.08. The largest absolute Gasteiger partial charge is 0.464 e. The highest BCUT2D eigenvalue weighted by molar-refractivity contribution is 5.80. The first-order valence-electron chi connectivity index (χ1n) is 4.54. The Balaban J connectivity index is 2.37. The van der Waals surface area contributed by atoms with Crippen LogP contribution in [-0.4, -0.2) is 6.61 Å². The molecular formula is C11H11FO2. The van der Waals surface area contributed by atoms with Crippen LogP contribution in [-0.2, 0) is 11.3 Å². The van der Waals surface area contributed by atoms with E-state index in [-0.39, 0.29) is 5.82 Å². The van der Waals surface area contributed by atoms with Crippen molar-refractivity contribution in [3.63, 3.8) is 0 Å². The summed E-state index contributed by atoms with van der Waals surface area (Å²) in [6.45, 7) is 3.10. The fourth-order valence-corrected chi connectivity index (χ4v) is 1.38. The lowest BCUT2D eigenvalue weighted by atomic mass is 10.2. The van der Waals surface area contributed by atoms with Gasteiger partial charge < -0.3 is 9.15 Å². The number of hydrogen-bond donors (Lipinski definition) is 0. The van der Waals surface area contributed by atoms with E-state index in [2.05, 4.69) is 0 Å². The molecule has 1 heterocycles. The zero-order chi connectivity index (χ0) is 9.97. The van der Waals surface area contributed by atoms with E-state index in [4.69, 9.17) is 9.15 Å². The summed E-state index contributed by atoms with van der Waals surface area (Å²) in [4.78, 5) is 0. The van der Waals surface area contributed by atoms with Gasteiger partial charge in [0.15, 0.2) is 0 Å². The molecule has 14 heavy (non-hydrogen) atoms. The van der Waals surface area contributed by atoms with E-state index in [0.29, 0.717) is 18.8 Å². The van der Waals surface area contributed by atoms with Crippen molar-refractivity contribution in [2.75, 3.05) is 6.61 Å². The van der Waals surface area contributed by atoms with Crippen molar-refractivity contribution in [1.82, 2.24) is 0 Å². The molecule has 0 unspecified atom stereocenters. The van der Waals surface area contributed by atoms with Gasteiger partial charge in [-0.3, -0.25) is 0 Å². The Labute approximate surface area is 81.3 Å². The van der Waals surface area contributed by atoms with Crippen molar-refractivity contribution in [2.24, 2.45) is 0 Å². The van der Waals surface area contributed by atoms with Gasteiger partial charge in [-0.2, -0.15) is 0 Å². The van der Waals surface area contributed by atoms with Crippen LogP contribution in [0.1, 0.15) is 12.5 Å². The molecule has 3 heteroatoms. The Kier molecular flexibility index (Phi) is 2.50. The molecule has 0 aliphatic carbocycles. The Morgan fingerprint density at radius 1 is 1.43 bits per heavy atom. The number of rotatable bonds is 3. The number of fused-ring (bicyclic) bond motifs is 1. The minimum Gasteiger partial charge on any atom is -0.464 e. The molecule has 1 aromatic heterocycles. The van der Waals surface area contributed by atoms with Crippen LogP contribution in [0.3, 0.4) is 0 Å². The van der Waals surface area contributed by atoms with Gasteiger partial charge in [0.05, 0.1) is 12.9 Å². The van der Waals surface area contributed by atoms with E-state index in [1.54, 1.807) is 12.3 Å². The van der Waals surface area contributed by atoms with Crippen LogP contribution in [0.5, 0.6) is 0 Å². The van der Waals surface area contributed by atoms with E-state index in [1.165, 1.54) is 12.1 Å². The summed E-state index contributed by atoms with van der Waals surface area (Å²) >= 11 is 0. The SMILES string of the molecule is CCOCc1coc2cc(F)ccc12. The highest BCUT2D eigenvalue weighted by Gasteiger charge is 2.05. The van der Waals surface area contributed by atoms with Crippen molar-refractivity contribution in [2.45, 2.75) is 13.5 Å². The highest BCUT2D eigenvalue weighted by Crippen LogP contribution is 2.22. The average molecular weight is 194 g/mol. The van der Waals surface area contributed by atoms with Gasteiger partial charge >= 0.3 is 0 Å². The van der Waals surface area contributed by atoms with Crippen LogP contribution >= 0.6 is 0 Å². The molecule has 0 N–H and O–H groups in total. The molecule has 0 radical (unpaired) electrons. The molecule has 0 spiro atoms. The van der Waals surface area contributed by atoms with Crippen molar-refractivity contribution in [1.29, 1.82) is 0 Å². The molecule has 0 saturated carbocycles. The second-order valence-electron chi connectivity index (χ2n) is 3.04. The molecule has 2 aromatic rings. The predicted molar refractivity (Wildman–Crippen MR) is 51.5 cm³/mol. The van der Waals surface area contributed by atoms with Crippen LogP contribution in [0.2, 0.25) is 0 Å². The quantitative estimate of drug-likeness (QED) is 0.749. The normalized spacial score (nSPS) is 11.0. The van der Waals surface area contributed by atoms with E-state index in [9.17, 15) is 4.39 Å². The molecule has 74 valence electrons. The maximum Gasteiger partial charge on any atom is 0.137 e. The second kappa shape index (κ2) is 3.80. The lowest BCUT2D eigenvalue weighted by molar-refractivity contribution is 0.134. The number of benzene rings is 1. The molecule has 0 aliphatic rings. The first-order chi connectivity index (χ1) is 6.81. The summed E-state index contributed by atoms with van der Waals surface area (Å²) in [5.41, 5.74) is 1.53. The van der Waals surface area contributed by atoms with E-state index >= 15 is 0 Å². The van der Waals surface area contributed by atoms with Gasteiger partial charge in [0.25, 0.3) is 0 Å². The van der Waals surface area contributed by atoms with Gasteiger partial charge in [-0.15, -0.1) is 0 Å². The summed E-state index contributed by atoms with van der Waals surface area (Å²) in [6, 6.07) is 4.51. The molecule has 2 rings (SSSR count). The standard InChI is InChI=1S/C11H11FO2/c1-2-13-6-8-7-14-11-5-9(12)3-4-10(8)11/h3-5,7H,2,6H2,1H3. The van der Waals surface area contributed by atoms with Gasteiger partial charge in [-0.25, -0.2) is 4.39 Å². The molecule has 0 saturated heterocycles. The van der Waals surface area contributed by atoms with Crippen molar-refractivity contribution in [3.8, 4) is 0 Å². The number of furan rings is 1. The molecule has 0 atom stereocenters. The maximum absolute atomic E-state index is 12.8. The second-order valence-corrected chi connectivity index (χ2v) is 3.04. The Hall–Kier alpha value is -1.35. The monoisotopic (exact) mass is 194 g/mol. The third-order valence-corrected chi connectivity index (χ3v) is 2.08. The minimum atomic E-state index is -0.283. The van der Waals surface area contributed by atoms with Crippen LogP contribution in [0.15, 0.2) is 28.9 Å². The lowest BCUT2D eigenvalue weighted by Crippen LogP contribution is -1.89. The first kappa shape index (κ1) is 9.21. The Morgan fingerprint density at radius 2 is 2.29 bits per heavy atom. The summed E-state index contributed by atoms with van der Waals surface area (Å²) in [6.07, 6.45) is 1.61. The summed E-state index contributed by atoms with van der Waals surface area (Å²) < 4.78 is 23.3. The highest BCUT2D eigenvalue weighted by atomic mass is 19.1. The summed E-state index contributed by atoms with van der Waals surface area (Å²) in [5, 5.41) is 0.917. The molecule has 0 fully saturated rings. The van der Waals surface area contributed by atoms with Crippen molar-refractivity contribution in [3.05, 3.63) is 35.8 Å². The molecule has 0 aliphatic heterocycles. The zero-order valence-corrected chi connectivity index (χ0v) is 7.92. The number of hydrogen-bond acceptors (Lipinski definition) is 2. The molecule has 0 amide bonds. The maximum atomic E-state index is 12.8. The van der Waals surface area contributed by atoms with Crippen LogP contribution < -0.4 is 0 Å². The molecule has 2 nitrogen and oxygen atoms in total. The smallest absolute Gasteiger partial charge is 0.137 e. The van der Waals surface area contributed by atoms with Crippen molar-refractivity contribution < 1.29 is 13.5 Å². The fourth-order valence-electron chi connectivity index (χ4n) is 1.38. The van der Waals surface area contributed by atoms with Gasteiger partial charge in [-0.05, 0) is 19.1 Å². The summed E-state index contributed by atoms with van der Waals surface area (Å²) in [5.74, 6) is -0.283. The lowest BCUT2D eigenvalue weighted by Gasteiger charge is -1.97. The third kappa shape index (κ3) is 1.63. The average Bonchev–Trinajstić information content (AvgIpc) is 2.57. The predicted octanol–water partition coefficient (Wildman–Crippen LogP) is 3.11. The summed E-state index contributed by atoms with van der Waals surface area (Å²) in [7, 11) is 0. The van der Waals surface area contributed by atoms with E-state index in [0.717, 1.165) is 10.9 Å². The number of ether oxygens (including phenoxy) is 1. The van der Waals surface area contributed by atoms with Crippen LogP contribution in [0.4, 0.5) is 4.39 Å². The number of halogens is 1. The Bertz CT molecular complexity index is 434.